The smallest absolute Gasteiger partial charge is 0.365 e. The molecule has 1 fully saturated rings. The van der Waals surface area contributed by atoms with Crippen LogP contribution in [0.25, 0.3) is 5.65 Å². The maximum absolute atomic E-state index is 13.8. The fraction of sp³-hybridized carbons (Fsp3) is 0.278. The molecule has 1 unspecified atom stereocenters. The Balaban J connectivity index is 1.80. The molecule has 6 nitrogen and oxygen atoms in total. The summed E-state index contributed by atoms with van der Waals surface area (Å²) in [4.78, 5) is 17.6. The number of hydrogen-bond donors (Lipinski definition) is 1. The summed E-state index contributed by atoms with van der Waals surface area (Å²) in [5, 5.41) is 3.98. The van der Waals surface area contributed by atoms with Gasteiger partial charge in [0.25, 0.3) is 5.91 Å². The Kier molecular flexibility index (Phi) is 4.20. The lowest BCUT2D eigenvalue weighted by atomic mass is 9.97. The predicted octanol–water partition coefficient (Wildman–Crippen LogP) is 3.33. The number of benzene rings is 1. The van der Waals surface area contributed by atoms with Crippen molar-refractivity contribution in [1.29, 1.82) is 0 Å². The predicted molar refractivity (Wildman–Crippen MR) is 92.2 cm³/mol. The molecule has 3 heterocycles. The molecule has 3 aromatic rings. The molecule has 1 aromatic carbocycles. The van der Waals surface area contributed by atoms with Crippen LogP contribution in [0.2, 0.25) is 0 Å². The van der Waals surface area contributed by atoms with Gasteiger partial charge in [0.1, 0.15) is 17.2 Å². The highest BCUT2D eigenvalue weighted by molar-refractivity contribution is 5.98. The summed E-state index contributed by atoms with van der Waals surface area (Å²) in [5.74, 6) is -1.07. The molecular weight excluding hydrogens is 378 g/mol. The monoisotopic (exact) mass is 393 g/mol. The van der Waals surface area contributed by atoms with Gasteiger partial charge < -0.3 is 10.6 Å². The number of amides is 1. The summed E-state index contributed by atoms with van der Waals surface area (Å²) < 4.78 is 55.5. The minimum absolute atomic E-state index is 0.110. The Morgan fingerprint density at radius 1 is 1.25 bits per heavy atom. The minimum atomic E-state index is -4.60. The van der Waals surface area contributed by atoms with Gasteiger partial charge in [0.15, 0.2) is 5.65 Å². The molecule has 10 heteroatoms. The molecule has 0 saturated carbocycles. The van der Waals surface area contributed by atoms with Gasteiger partial charge in [-0.15, -0.1) is 0 Å². The molecular formula is C18H15F4N5O. The van der Waals surface area contributed by atoms with Gasteiger partial charge in [-0.1, -0.05) is 0 Å². The third kappa shape index (κ3) is 3.04. The Bertz CT molecular complexity index is 1060. The van der Waals surface area contributed by atoms with Crippen molar-refractivity contribution < 1.29 is 22.4 Å². The van der Waals surface area contributed by atoms with E-state index in [0.717, 1.165) is 18.2 Å². The van der Waals surface area contributed by atoms with Crippen molar-refractivity contribution in [1.82, 2.24) is 14.6 Å². The van der Waals surface area contributed by atoms with Gasteiger partial charge in [0.05, 0.1) is 17.8 Å². The molecule has 1 amide bonds. The topological polar surface area (TPSA) is 76.5 Å². The van der Waals surface area contributed by atoms with Crippen LogP contribution in [0.3, 0.4) is 0 Å². The molecule has 1 aliphatic rings. The van der Waals surface area contributed by atoms with Gasteiger partial charge in [-0.05, 0) is 42.7 Å². The number of hydrogen-bond acceptors (Lipinski definition) is 4. The van der Waals surface area contributed by atoms with Crippen molar-refractivity contribution in [2.45, 2.75) is 25.1 Å². The highest BCUT2D eigenvalue weighted by Gasteiger charge is 2.38. The number of carbonyl (C=O) groups is 1. The van der Waals surface area contributed by atoms with Gasteiger partial charge in [-0.2, -0.15) is 18.3 Å². The fourth-order valence-corrected chi connectivity index (χ4v) is 3.62. The molecule has 2 N–H and O–H groups in total. The molecule has 146 valence electrons. The van der Waals surface area contributed by atoms with Crippen molar-refractivity contribution in [3.63, 3.8) is 0 Å². The summed E-state index contributed by atoms with van der Waals surface area (Å²) in [5.41, 5.74) is 4.65. The molecule has 0 radical (unpaired) electrons. The third-order valence-electron chi connectivity index (χ3n) is 4.84. The summed E-state index contributed by atoms with van der Waals surface area (Å²) in [6.45, 7) is 0.446. The maximum atomic E-state index is 13.8. The fourth-order valence-electron chi connectivity index (χ4n) is 3.62. The molecule has 1 atom stereocenters. The van der Waals surface area contributed by atoms with E-state index in [-0.39, 0.29) is 16.8 Å². The van der Waals surface area contributed by atoms with Crippen LogP contribution in [0.1, 0.15) is 40.4 Å². The molecule has 1 saturated heterocycles. The van der Waals surface area contributed by atoms with Crippen LogP contribution in [0.4, 0.5) is 23.4 Å². The first-order valence-electron chi connectivity index (χ1n) is 8.53. The Morgan fingerprint density at radius 3 is 2.75 bits per heavy atom. The number of alkyl halides is 3. The number of nitrogens with zero attached hydrogens (tertiary/aromatic N) is 4. The summed E-state index contributed by atoms with van der Waals surface area (Å²) in [6.07, 6.45) is -0.728. The van der Waals surface area contributed by atoms with Gasteiger partial charge in [0.2, 0.25) is 0 Å². The van der Waals surface area contributed by atoms with Crippen LogP contribution < -0.4 is 10.6 Å². The normalized spacial score (nSPS) is 17.4. The lowest BCUT2D eigenvalue weighted by molar-refractivity contribution is -0.138. The molecule has 28 heavy (non-hydrogen) atoms. The highest BCUT2D eigenvalue weighted by Crippen LogP contribution is 2.42. The number of carbonyl (C=O) groups excluding carboxylic acids is 1. The number of halogens is 4. The largest absolute Gasteiger partial charge is 0.416 e. The van der Waals surface area contributed by atoms with Gasteiger partial charge in [-0.3, -0.25) is 4.79 Å². The number of primary amides is 1. The van der Waals surface area contributed by atoms with E-state index in [0.29, 0.717) is 25.2 Å². The van der Waals surface area contributed by atoms with Gasteiger partial charge in [-0.25, -0.2) is 13.9 Å². The first-order chi connectivity index (χ1) is 13.3. The number of anilines is 1. The van der Waals surface area contributed by atoms with E-state index in [1.165, 1.54) is 10.7 Å². The van der Waals surface area contributed by atoms with Crippen LogP contribution in [-0.4, -0.2) is 27.0 Å². The lowest BCUT2D eigenvalue weighted by Gasteiger charge is -2.28. The number of aromatic nitrogens is 3. The molecule has 1 aliphatic heterocycles. The first kappa shape index (κ1) is 18.2. The standard InChI is InChI=1S/C18H15F4N5O/c19-10-3-4-13(18(20,21)22)11(8-10)14-2-1-6-26(14)15-5-7-27-17(25-15)12(9-24-27)16(23)28/h3-5,7-9,14H,1-2,6H2,(H2,23,28). The van der Waals surface area contributed by atoms with Crippen LogP contribution >= 0.6 is 0 Å². The quantitative estimate of drug-likeness (QED) is 0.693. The Morgan fingerprint density at radius 2 is 2.04 bits per heavy atom. The Labute approximate surface area is 156 Å². The second-order valence-corrected chi connectivity index (χ2v) is 6.56. The van der Waals surface area contributed by atoms with E-state index in [1.54, 1.807) is 17.2 Å². The van der Waals surface area contributed by atoms with E-state index >= 15 is 0 Å². The van der Waals surface area contributed by atoms with Crippen LogP contribution in [0.5, 0.6) is 0 Å². The maximum Gasteiger partial charge on any atom is 0.416 e. The minimum Gasteiger partial charge on any atom is -0.365 e. The second-order valence-electron chi connectivity index (χ2n) is 6.56. The van der Waals surface area contributed by atoms with Crippen molar-refractivity contribution in [3.8, 4) is 0 Å². The van der Waals surface area contributed by atoms with Gasteiger partial charge in [0, 0.05) is 12.7 Å². The number of rotatable bonds is 3. The van der Waals surface area contributed by atoms with Crippen molar-refractivity contribution in [2.75, 3.05) is 11.4 Å². The molecule has 0 bridgehead atoms. The first-order valence-corrected chi connectivity index (χ1v) is 8.53. The zero-order valence-electron chi connectivity index (χ0n) is 14.4. The molecule has 0 spiro atoms. The summed E-state index contributed by atoms with van der Waals surface area (Å²) >= 11 is 0. The number of nitrogens with two attached hydrogens (primary N) is 1. The van der Waals surface area contributed by atoms with E-state index in [1.807, 2.05) is 0 Å². The molecule has 4 rings (SSSR count). The average Bonchev–Trinajstić information content (AvgIpc) is 3.27. The van der Waals surface area contributed by atoms with Crippen molar-refractivity contribution in [3.05, 3.63) is 59.2 Å². The summed E-state index contributed by atoms with van der Waals surface area (Å²) in [6, 6.07) is 3.40. The second kappa shape index (κ2) is 6.47. The average molecular weight is 393 g/mol. The zero-order chi connectivity index (χ0) is 20.1. The van der Waals surface area contributed by atoms with E-state index in [9.17, 15) is 22.4 Å². The van der Waals surface area contributed by atoms with Gasteiger partial charge >= 0.3 is 6.18 Å². The lowest BCUT2D eigenvalue weighted by Crippen LogP contribution is -2.26. The molecule has 0 aliphatic carbocycles. The van der Waals surface area contributed by atoms with E-state index in [2.05, 4.69) is 10.1 Å². The van der Waals surface area contributed by atoms with Crippen LogP contribution in [-0.2, 0) is 6.18 Å². The zero-order valence-corrected chi connectivity index (χ0v) is 14.4. The van der Waals surface area contributed by atoms with Crippen LogP contribution in [0, 0.1) is 5.82 Å². The van der Waals surface area contributed by atoms with E-state index in [4.69, 9.17) is 5.73 Å². The van der Waals surface area contributed by atoms with Crippen molar-refractivity contribution >= 4 is 17.4 Å². The third-order valence-corrected chi connectivity index (χ3v) is 4.84. The summed E-state index contributed by atoms with van der Waals surface area (Å²) in [7, 11) is 0. The number of fused-ring (bicyclic) bond motifs is 1. The van der Waals surface area contributed by atoms with E-state index < -0.39 is 29.5 Å². The van der Waals surface area contributed by atoms with Crippen LogP contribution in [0.15, 0.2) is 36.7 Å². The Hall–Kier alpha value is -3.17. The highest BCUT2D eigenvalue weighted by atomic mass is 19.4. The SMILES string of the molecule is NC(=O)c1cnn2ccc(N3CCCC3c3cc(F)ccc3C(F)(F)F)nc12. The van der Waals surface area contributed by atoms with Crippen molar-refractivity contribution in [2.24, 2.45) is 5.73 Å². The molecule has 2 aromatic heterocycles.